The molecule has 1 aromatic heterocycles. The minimum Gasteiger partial charge on any atom is -0.497 e. The number of aromatic nitrogens is 1. The van der Waals surface area contributed by atoms with Crippen LogP contribution >= 0.6 is 0 Å². The molecule has 0 fully saturated rings. The van der Waals surface area contributed by atoms with E-state index in [0.29, 0.717) is 30.3 Å². The predicted octanol–water partition coefficient (Wildman–Crippen LogP) is 4.98. The highest BCUT2D eigenvalue weighted by Crippen LogP contribution is 2.31. The molecule has 180 valence electrons. The number of nitrogens with zero attached hydrogens (tertiary/aromatic N) is 2. The van der Waals surface area contributed by atoms with Crippen LogP contribution in [0.25, 0.3) is 0 Å². The number of rotatable bonds is 11. The first-order valence-electron chi connectivity index (χ1n) is 11.1. The van der Waals surface area contributed by atoms with Crippen molar-refractivity contribution in [1.29, 1.82) is 0 Å². The monoisotopic (exact) mass is 489 g/mol. The van der Waals surface area contributed by atoms with Gasteiger partial charge in [0.2, 0.25) is 0 Å². The van der Waals surface area contributed by atoms with E-state index in [2.05, 4.69) is 10.3 Å². The molecule has 0 atom stereocenters. The zero-order chi connectivity index (χ0) is 24.5. The average molecular weight is 490 g/mol. The lowest BCUT2D eigenvalue weighted by Crippen LogP contribution is -2.30. The number of pyridine rings is 1. The van der Waals surface area contributed by atoms with Gasteiger partial charge in [-0.2, -0.15) is 0 Å². The van der Waals surface area contributed by atoms with Gasteiger partial charge in [-0.05, 0) is 29.8 Å². The van der Waals surface area contributed by atoms with Crippen LogP contribution in [0.1, 0.15) is 5.56 Å². The summed E-state index contributed by atoms with van der Waals surface area (Å²) in [6.07, 6.45) is 3.41. The second kappa shape index (κ2) is 11.4. The second-order valence-electron chi connectivity index (χ2n) is 7.69. The first-order valence-corrected chi connectivity index (χ1v) is 12.6. The van der Waals surface area contributed by atoms with E-state index < -0.39 is 10.0 Å². The van der Waals surface area contributed by atoms with Crippen LogP contribution in [-0.4, -0.2) is 33.7 Å². The molecule has 0 saturated carbocycles. The van der Waals surface area contributed by atoms with Gasteiger partial charge in [0.1, 0.15) is 18.1 Å². The topological polar surface area (TPSA) is 80.8 Å². The van der Waals surface area contributed by atoms with Gasteiger partial charge < -0.3 is 14.8 Å². The molecule has 1 N–H and O–H groups in total. The average Bonchev–Trinajstić information content (AvgIpc) is 2.91. The fraction of sp³-hybridized carbons (Fsp3) is 0.148. The number of ether oxygens (including phenoxy) is 2. The van der Waals surface area contributed by atoms with Crippen molar-refractivity contribution in [2.24, 2.45) is 0 Å². The van der Waals surface area contributed by atoms with E-state index in [9.17, 15) is 8.42 Å². The molecular formula is C27H27N3O4S. The van der Waals surface area contributed by atoms with Crippen LogP contribution < -0.4 is 19.1 Å². The van der Waals surface area contributed by atoms with Crippen molar-refractivity contribution in [1.82, 2.24) is 4.98 Å². The molecule has 1 heterocycles. The molecule has 4 aromatic rings. The van der Waals surface area contributed by atoms with Crippen molar-refractivity contribution in [3.63, 3.8) is 0 Å². The quantitative estimate of drug-likeness (QED) is 0.300. The summed E-state index contributed by atoms with van der Waals surface area (Å²) in [5, 5.41) is 3.23. The fourth-order valence-electron chi connectivity index (χ4n) is 3.52. The number of hydrogen-bond donors (Lipinski definition) is 1. The summed E-state index contributed by atoms with van der Waals surface area (Å²) >= 11 is 0. The summed E-state index contributed by atoms with van der Waals surface area (Å²) in [5.74, 6) is 0.808. The Bertz CT molecular complexity index is 1320. The van der Waals surface area contributed by atoms with E-state index in [1.54, 1.807) is 30.6 Å². The Morgan fingerprint density at radius 2 is 1.51 bits per heavy atom. The predicted molar refractivity (Wildman–Crippen MR) is 137 cm³/mol. The number of sulfonamides is 1. The van der Waals surface area contributed by atoms with Crippen molar-refractivity contribution in [3.8, 4) is 11.5 Å². The molecule has 0 unspecified atom stereocenters. The number of methoxy groups -OCH3 is 1. The van der Waals surface area contributed by atoms with Gasteiger partial charge in [-0.1, -0.05) is 48.5 Å². The van der Waals surface area contributed by atoms with Gasteiger partial charge in [-0.15, -0.1) is 0 Å². The summed E-state index contributed by atoms with van der Waals surface area (Å²) in [6, 6.07) is 27.0. The van der Waals surface area contributed by atoms with Crippen LogP contribution in [-0.2, 0) is 16.6 Å². The Balaban J connectivity index is 1.58. The Labute approximate surface area is 206 Å². The third-order valence-electron chi connectivity index (χ3n) is 5.27. The molecule has 0 spiro atoms. The third-order valence-corrected chi connectivity index (χ3v) is 7.02. The molecule has 7 nitrogen and oxygen atoms in total. The Morgan fingerprint density at radius 1 is 0.857 bits per heavy atom. The fourth-order valence-corrected chi connectivity index (χ4v) is 5.02. The maximum Gasteiger partial charge on any atom is 0.264 e. The largest absolute Gasteiger partial charge is 0.497 e. The van der Waals surface area contributed by atoms with Crippen LogP contribution in [0.4, 0.5) is 11.4 Å². The number of nitrogens with one attached hydrogen (secondary N) is 1. The molecular weight excluding hydrogens is 462 g/mol. The van der Waals surface area contributed by atoms with Crippen LogP contribution in [0.3, 0.4) is 0 Å². The van der Waals surface area contributed by atoms with Crippen LogP contribution in [0, 0.1) is 0 Å². The first kappa shape index (κ1) is 24.1. The van der Waals surface area contributed by atoms with Gasteiger partial charge in [0.15, 0.2) is 0 Å². The lowest BCUT2D eigenvalue weighted by atomic mass is 10.2. The normalized spacial score (nSPS) is 11.0. The molecule has 0 bridgehead atoms. The van der Waals surface area contributed by atoms with Gasteiger partial charge in [0.05, 0.1) is 24.2 Å². The molecule has 4 rings (SSSR count). The molecule has 0 aliphatic rings. The highest BCUT2D eigenvalue weighted by atomic mass is 32.2. The summed E-state index contributed by atoms with van der Waals surface area (Å²) in [5.41, 5.74) is 2.38. The number of anilines is 2. The van der Waals surface area contributed by atoms with E-state index in [-0.39, 0.29) is 11.4 Å². The lowest BCUT2D eigenvalue weighted by molar-refractivity contribution is 0.328. The van der Waals surface area contributed by atoms with Crippen molar-refractivity contribution in [2.45, 2.75) is 11.4 Å². The molecule has 0 saturated heterocycles. The zero-order valence-corrected chi connectivity index (χ0v) is 20.2. The Morgan fingerprint density at radius 3 is 2.20 bits per heavy atom. The maximum atomic E-state index is 13.9. The van der Waals surface area contributed by atoms with E-state index in [4.69, 9.17) is 9.47 Å². The van der Waals surface area contributed by atoms with E-state index >= 15 is 0 Å². The van der Waals surface area contributed by atoms with Crippen LogP contribution in [0.2, 0.25) is 0 Å². The van der Waals surface area contributed by atoms with Gasteiger partial charge in [0, 0.05) is 42.8 Å². The number of benzene rings is 3. The first-order chi connectivity index (χ1) is 17.1. The molecule has 0 radical (unpaired) electrons. The maximum absolute atomic E-state index is 13.9. The smallest absolute Gasteiger partial charge is 0.264 e. The second-order valence-corrected chi connectivity index (χ2v) is 9.55. The molecule has 0 amide bonds. The SMILES string of the molecule is COc1cc(OCCNc2ccncc2)cc(S(=O)(=O)N(Cc2ccccc2)c2ccccc2)c1. The van der Waals surface area contributed by atoms with Crippen molar-refractivity contribution in [3.05, 3.63) is 109 Å². The van der Waals surface area contributed by atoms with Gasteiger partial charge in [0.25, 0.3) is 10.0 Å². The Kier molecular flexibility index (Phi) is 7.84. The number of para-hydroxylation sites is 1. The summed E-state index contributed by atoms with van der Waals surface area (Å²) in [7, 11) is -2.43. The van der Waals surface area contributed by atoms with Crippen LogP contribution in [0.5, 0.6) is 11.5 Å². The molecule has 3 aromatic carbocycles. The molecule has 35 heavy (non-hydrogen) atoms. The minimum absolute atomic E-state index is 0.0914. The molecule has 8 heteroatoms. The van der Waals surface area contributed by atoms with E-state index in [1.165, 1.54) is 23.5 Å². The minimum atomic E-state index is -3.93. The number of hydrogen-bond acceptors (Lipinski definition) is 6. The van der Waals surface area contributed by atoms with Crippen molar-refractivity contribution < 1.29 is 17.9 Å². The molecule has 0 aliphatic carbocycles. The van der Waals surface area contributed by atoms with Gasteiger partial charge in [-0.25, -0.2) is 8.42 Å². The summed E-state index contributed by atoms with van der Waals surface area (Å²) in [4.78, 5) is 4.08. The highest BCUT2D eigenvalue weighted by Gasteiger charge is 2.26. The standard InChI is InChI=1S/C27H27N3O4S/c1-33-25-18-26(34-17-16-29-23-12-14-28-15-13-23)20-27(19-25)35(31,32)30(24-10-6-3-7-11-24)21-22-8-4-2-5-9-22/h2-15,18-20H,16-17,21H2,1H3,(H,28,29). The third kappa shape index (κ3) is 6.30. The van der Waals surface area contributed by atoms with Crippen molar-refractivity contribution >= 4 is 21.4 Å². The lowest BCUT2D eigenvalue weighted by Gasteiger charge is -2.25. The van der Waals surface area contributed by atoms with Crippen LogP contribution in [0.15, 0.2) is 108 Å². The van der Waals surface area contributed by atoms with Gasteiger partial charge in [-0.3, -0.25) is 9.29 Å². The molecule has 0 aliphatic heterocycles. The highest BCUT2D eigenvalue weighted by molar-refractivity contribution is 7.92. The van der Waals surface area contributed by atoms with Crippen molar-refractivity contribution in [2.75, 3.05) is 29.9 Å². The van der Waals surface area contributed by atoms with E-state index in [1.807, 2.05) is 60.7 Å². The zero-order valence-electron chi connectivity index (χ0n) is 19.4. The summed E-state index contributed by atoms with van der Waals surface area (Å²) < 4.78 is 40.4. The van der Waals surface area contributed by atoms with E-state index in [0.717, 1.165) is 11.3 Å². The summed E-state index contributed by atoms with van der Waals surface area (Å²) in [6.45, 7) is 1.06. The van der Waals surface area contributed by atoms with Gasteiger partial charge >= 0.3 is 0 Å². The Hall–Kier alpha value is -4.04.